The summed E-state index contributed by atoms with van der Waals surface area (Å²) in [6.07, 6.45) is 0.237. The monoisotopic (exact) mass is 348 g/mol. The van der Waals surface area contributed by atoms with E-state index in [9.17, 15) is 26.3 Å². The van der Waals surface area contributed by atoms with E-state index in [0.29, 0.717) is 0 Å². The Bertz CT molecular complexity index is 592. The van der Waals surface area contributed by atoms with Gasteiger partial charge in [-0.05, 0) is 31.4 Å². The molecule has 0 bridgehead atoms. The minimum absolute atomic E-state index is 0.0109. The quantitative estimate of drug-likeness (QED) is 0.396. The Morgan fingerprint density at radius 2 is 1.58 bits per heavy atom. The largest absolute Gasteiger partial charge is 0.411 e. The van der Waals surface area contributed by atoms with Gasteiger partial charge in [0.1, 0.15) is 0 Å². The summed E-state index contributed by atoms with van der Waals surface area (Å²) in [5, 5.41) is 0. The molecule has 132 valence electrons. The summed E-state index contributed by atoms with van der Waals surface area (Å²) in [5.74, 6) is 0. The van der Waals surface area contributed by atoms with E-state index in [2.05, 4.69) is 0 Å². The van der Waals surface area contributed by atoms with Crippen LogP contribution in [0.15, 0.2) is 71.9 Å². The van der Waals surface area contributed by atoms with Crippen molar-refractivity contribution in [2.45, 2.75) is 32.6 Å². The Kier molecular flexibility index (Phi) is 6.46. The molecule has 0 heterocycles. The number of hydrogen-bond donors (Lipinski definition) is 0. The van der Waals surface area contributed by atoms with E-state index >= 15 is 0 Å². The zero-order valence-electron chi connectivity index (χ0n) is 13.2. The van der Waals surface area contributed by atoms with Crippen LogP contribution in [0.4, 0.5) is 26.3 Å². The fourth-order valence-corrected chi connectivity index (χ4v) is 2.52. The van der Waals surface area contributed by atoms with Gasteiger partial charge in [0.25, 0.3) is 0 Å². The standard InChI is InChI=1S/C18H18F6/c1-3-5-11-14(10-4-2)16(17(19,20)21,18(22,23)24)15-12-8-6-7-9-13-15/h3-8,10-13H,9H2,1-2H3/b5-3+,10-4-,14-11+. The fraction of sp³-hybridized carbons (Fsp3) is 0.333. The van der Waals surface area contributed by atoms with Crippen LogP contribution >= 0.6 is 0 Å². The van der Waals surface area contributed by atoms with Crippen molar-refractivity contribution in [3.05, 3.63) is 71.9 Å². The van der Waals surface area contributed by atoms with Crippen molar-refractivity contribution in [1.82, 2.24) is 0 Å². The molecule has 0 spiro atoms. The van der Waals surface area contributed by atoms with Gasteiger partial charge in [0.05, 0.1) is 0 Å². The molecule has 0 fully saturated rings. The van der Waals surface area contributed by atoms with Crippen LogP contribution in [0.2, 0.25) is 0 Å². The highest BCUT2D eigenvalue weighted by Crippen LogP contribution is 2.60. The van der Waals surface area contributed by atoms with Gasteiger partial charge in [-0.25, -0.2) is 0 Å². The molecule has 0 unspecified atom stereocenters. The molecule has 6 heteroatoms. The van der Waals surface area contributed by atoms with Crippen LogP contribution in [0.25, 0.3) is 0 Å². The van der Waals surface area contributed by atoms with Gasteiger partial charge in [-0.15, -0.1) is 0 Å². The Morgan fingerprint density at radius 1 is 0.958 bits per heavy atom. The first-order valence-electron chi connectivity index (χ1n) is 7.26. The first-order chi connectivity index (χ1) is 11.1. The molecule has 0 aromatic rings. The molecule has 0 aliphatic heterocycles. The first kappa shape index (κ1) is 20.1. The van der Waals surface area contributed by atoms with Gasteiger partial charge in [-0.1, -0.05) is 60.8 Å². The highest BCUT2D eigenvalue weighted by molar-refractivity contribution is 5.48. The summed E-state index contributed by atoms with van der Waals surface area (Å²) in [4.78, 5) is 0. The molecule has 0 radical (unpaired) electrons. The topological polar surface area (TPSA) is 0 Å². The molecule has 0 aromatic carbocycles. The molecule has 0 atom stereocenters. The van der Waals surface area contributed by atoms with Gasteiger partial charge in [-0.3, -0.25) is 0 Å². The average Bonchev–Trinajstić information content (AvgIpc) is 2.71. The first-order valence-corrected chi connectivity index (χ1v) is 7.26. The predicted octanol–water partition coefficient (Wildman–Crippen LogP) is 6.62. The molecule has 1 aliphatic carbocycles. The Morgan fingerprint density at radius 3 is 2.08 bits per heavy atom. The van der Waals surface area contributed by atoms with Crippen molar-refractivity contribution in [1.29, 1.82) is 0 Å². The van der Waals surface area contributed by atoms with Crippen LogP contribution in [-0.2, 0) is 0 Å². The maximum absolute atomic E-state index is 13.9. The summed E-state index contributed by atoms with van der Waals surface area (Å²) >= 11 is 0. The Hall–Kier alpha value is -1.98. The van der Waals surface area contributed by atoms with Gasteiger partial charge in [0.2, 0.25) is 5.41 Å². The van der Waals surface area contributed by atoms with E-state index in [0.717, 1.165) is 24.3 Å². The second kappa shape index (κ2) is 7.73. The van der Waals surface area contributed by atoms with Crippen LogP contribution in [0.3, 0.4) is 0 Å². The molecule has 0 aromatic heterocycles. The van der Waals surface area contributed by atoms with Crippen molar-refractivity contribution in [3.8, 4) is 0 Å². The van der Waals surface area contributed by atoms with E-state index in [-0.39, 0.29) is 6.42 Å². The minimum Gasteiger partial charge on any atom is -0.169 e. The van der Waals surface area contributed by atoms with Crippen molar-refractivity contribution < 1.29 is 26.3 Å². The molecule has 0 nitrogen and oxygen atoms in total. The minimum atomic E-state index is -5.56. The van der Waals surface area contributed by atoms with Crippen LogP contribution in [0.5, 0.6) is 0 Å². The number of hydrogen-bond acceptors (Lipinski definition) is 0. The molecular weight excluding hydrogens is 330 g/mol. The van der Waals surface area contributed by atoms with E-state index < -0.39 is 28.9 Å². The highest BCUT2D eigenvalue weighted by Gasteiger charge is 2.73. The van der Waals surface area contributed by atoms with E-state index in [1.807, 2.05) is 0 Å². The Labute approximate surface area is 137 Å². The smallest absolute Gasteiger partial charge is 0.169 e. The molecule has 1 aliphatic rings. The third-order valence-electron chi connectivity index (χ3n) is 3.53. The third kappa shape index (κ3) is 3.74. The van der Waals surface area contributed by atoms with Crippen LogP contribution < -0.4 is 0 Å². The number of halogens is 6. The van der Waals surface area contributed by atoms with Crippen LogP contribution in [0.1, 0.15) is 20.3 Å². The van der Waals surface area contributed by atoms with Crippen molar-refractivity contribution in [2.24, 2.45) is 5.41 Å². The lowest BCUT2D eigenvalue weighted by Gasteiger charge is -2.39. The fourth-order valence-electron chi connectivity index (χ4n) is 2.52. The lowest BCUT2D eigenvalue weighted by molar-refractivity contribution is -0.308. The van der Waals surface area contributed by atoms with Gasteiger partial charge in [0, 0.05) is 0 Å². The van der Waals surface area contributed by atoms with Gasteiger partial charge in [-0.2, -0.15) is 26.3 Å². The summed E-state index contributed by atoms with van der Waals surface area (Å²) in [6, 6.07) is 0. The van der Waals surface area contributed by atoms with Crippen LogP contribution in [0, 0.1) is 5.41 Å². The number of alkyl halides is 6. The maximum Gasteiger partial charge on any atom is 0.411 e. The van der Waals surface area contributed by atoms with E-state index in [4.69, 9.17) is 0 Å². The molecule has 0 N–H and O–H groups in total. The summed E-state index contributed by atoms with van der Waals surface area (Å²) in [6.45, 7) is 2.89. The second-order valence-corrected chi connectivity index (χ2v) is 5.08. The summed E-state index contributed by atoms with van der Waals surface area (Å²) < 4.78 is 83.3. The van der Waals surface area contributed by atoms with E-state index in [1.54, 1.807) is 0 Å². The average molecular weight is 348 g/mol. The maximum atomic E-state index is 13.9. The molecule has 0 amide bonds. The molecule has 0 saturated carbocycles. The lowest BCUT2D eigenvalue weighted by Crippen LogP contribution is -2.52. The predicted molar refractivity (Wildman–Crippen MR) is 83.2 cm³/mol. The number of rotatable bonds is 4. The van der Waals surface area contributed by atoms with Crippen molar-refractivity contribution >= 4 is 0 Å². The molecule has 1 rings (SSSR count). The second-order valence-electron chi connectivity index (χ2n) is 5.08. The van der Waals surface area contributed by atoms with Crippen molar-refractivity contribution in [2.75, 3.05) is 0 Å². The molecule has 24 heavy (non-hydrogen) atoms. The summed E-state index contributed by atoms with van der Waals surface area (Å²) in [7, 11) is 0. The SMILES string of the molecule is C\C=C/C(=C\C=C\C)C(C1=CCC=CC=C1)(C(F)(F)F)C(F)(F)F. The van der Waals surface area contributed by atoms with E-state index in [1.165, 1.54) is 50.3 Å². The number of allylic oxidation sites excluding steroid dienone is 12. The normalized spacial score (nSPS) is 17.7. The molecular formula is C18H18F6. The molecule has 0 saturated heterocycles. The van der Waals surface area contributed by atoms with Crippen LogP contribution in [-0.4, -0.2) is 12.4 Å². The van der Waals surface area contributed by atoms with Gasteiger partial charge in [0.15, 0.2) is 0 Å². The Balaban J connectivity index is 3.88. The van der Waals surface area contributed by atoms with Crippen molar-refractivity contribution in [3.63, 3.8) is 0 Å². The summed E-state index contributed by atoms with van der Waals surface area (Å²) in [5.41, 5.74) is -5.79. The van der Waals surface area contributed by atoms with Gasteiger partial charge >= 0.3 is 12.4 Å². The van der Waals surface area contributed by atoms with Gasteiger partial charge < -0.3 is 0 Å². The third-order valence-corrected chi connectivity index (χ3v) is 3.53. The highest BCUT2D eigenvalue weighted by atomic mass is 19.4. The zero-order chi connectivity index (χ0) is 18.4. The zero-order valence-corrected chi connectivity index (χ0v) is 13.2. The lowest BCUT2D eigenvalue weighted by atomic mass is 9.71.